The third kappa shape index (κ3) is 2.75. The van der Waals surface area contributed by atoms with Crippen LogP contribution in [-0.4, -0.2) is 0 Å². The van der Waals surface area contributed by atoms with Crippen LogP contribution in [0.1, 0.15) is 112 Å². The highest BCUT2D eigenvalue weighted by molar-refractivity contribution is 5.11. The summed E-state index contributed by atoms with van der Waals surface area (Å²) in [5.74, 6) is 5.18. The topological polar surface area (TPSA) is 0 Å². The van der Waals surface area contributed by atoms with E-state index in [9.17, 15) is 0 Å². The molecule has 4 rings (SSSR count). The molecule has 0 aliphatic heterocycles. The first-order chi connectivity index (χ1) is 11.8. The Morgan fingerprint density at radius 3 is 1.92 bits per heavy atom. The molecule has 0 spiro atoms. The van der Waals surface area contributed by atoms with Gasteiger partial charge in [-0.1, -0.05) is 73.1 Å². The zero-order valence-electron chi connectivity index (χ0n) is 17.9. The summed E-state index contributed by atoms with van der Waals surface area (Å²) >= 11 is 0. The maximum Gasteiger partial charge on any atom is -0.0266 e. The zero-order valence-corrected chi connectivity index (χ0v) is 17.9. The number of rotatable bonds is 2. The predicted octanol–water partition coefficient (Wildman–Crippen LogP) is 7.86. The van der Waals surface area contributed by atoms with E-state index in [1.807, 2.05) is 0 Å². The molecule has 0 radical (unpaired) electrons. The van der Waals surface area contributed by atoms with Gasteiger partial charge in [-0.2, -0.15) is 0 Å². The molecule has 4 saturated carbocycles. The van der Waals surface area contributed by atoms with Gasteiger partial charge in [0, 0.05) is 0 Å². The Hall–Kier alpha value is 0. The van der Waals surface area contributed by atoms with Crippen molar-refractivity contribution < 1.29 is 0 Å². The molecule has 0 aromatic heterocycles. The van der Waals surface area contributed by atoms with E-state index < -0.39 is 0 Å². The molecule has 0 aromatic rings. The smallest absolute Gasteiger partial charge is 0.0266 e. The van der Waals surface area contributed by atoms with E-state index in [0.717, 1.165) is 29.6 Å². The lowest BCUT2D eigenvalue weighted by Crippen LogP contribution is -2.49. The van der Waals surface area contributed by atoms with Gasteiger partial charge in [-0.15, -0.1) is 0 Å². The van der Waals surface area contributed by atoms with Gasteiger partial charge in [0.1, 0.15) is 0 Å². The molecule has 25 heavy (non-hydrogen) atoms. The Kier molecular flexibility index (Phi) is 4.61. The van der Waals surface area contributed by atoms with Crippen LogP contribution in [0.25, 0.3) is 0 Å². The summed E-state index contributed by atoms with van der Waals surface area (Å²) < 4.78 is 0. The Morgan fingerprint density at radius 2 is 1.24 bits per heavy atom. The van der Waals surface area contributed by atoms with Crippen LogP contribution in [-0.2, 0) is 0 Å². The van der Waals surface area contributed by atoms with E-state index >= 15 is 0 Å². The Morgan fingerprint density at radius 1 is 0.640 bits per heavy atom. The molecule has 0 heterocycles. The monoisotopic (exact) mass is 344 g/mol. The highest BCUT2D eigenvalue weighted by Gasteiger charge is 2.62. The second kappa shape index (κ2) is 6.27. The summed E-state index contributed by atoms with van der Waals surface area (Å²) in [7, 11) is 0. The maximum atomic E-state index is 2.72. The van der Waals surface area contributed by atoms with E-state index in [1.54, 1.807) is 19.3 Å². The third-order valence-electron chi connectivity index (χ3n) is 10.3. The largest absolute Gasteiger partial charge is 0.0596 e. The first-order valence-corrected chi connectivity index (χ1v) is 11.8. The average molecular weight is 345 g/mol. The molecule has 0 aromatic carbocycles. The van der Waals surface area contributed by atoms with Crippen molar-refractivity contribution in [3.8, 4) is 0 Å². The van der Waals surface area contributed by atoms with Crippen LogP contribution in [0.2, 0.25) is 0 Å². The van der Waals surface area contributed by atoms with Crippen molar-refractivity contribution in [2.24, 2.45) is 45.8 Å². The van der Waals surface area contributed by atoms with Crippen LogP contribution in [0.4, 0.5) is 0 Å². The van der Waals surface area contributed by atoms with Gasteiger partial charge in [-0.25, -0.2) is 0 Å². The molecule has 5 unspecified atom stereocenters. The van der Waals surface area contributed by atoms with Crippen LogP contribution in [0.5, 0.6) is 0 Å². The summed E-state index contributed by atoms with van der Waals surface area (Å²) in [6.45, 7) is 13.4. The molecule has 4 aliphatic rings. The summed E-state index contributed by atoms with van der Waals surface area (Å²) in [4.78, 5) is 0. The van der Waals surface area contributed by atoms with E-state index in [1.165, 1.54) is 57.8 Å². The van der Waals surface area contributed by atoms with Crippen molar-refractivity contribution in [3.63, 3.8) is 0 Å². The first kappa shape index (κ1) is 18.4. The van der Waals surface area contributed by atoms with Crippen molar-refractivity contribution in [3.05, 3.63) is 0 Å². The van der Waals surface area contributed by atoms with Gasteiger partial charge in [0.2, 0.25) is 0 Å². The summed E-state index contributed by atoms with van der Waals surface area (Å²) in [5.41, 5.74) is 1.68. The molecule has 0 N–H and O–H groups in total. The minimum Gasteiger partial charge on any atom is -0.0596 e. The molecule has 0 bridgehead atoms. The first-order valence-electron chi connectivity index (χ1n) is 11.8. The van der Waals surface area contributed by atoms with Crippen LogP contribution in [0.3, 0.4) is 0 Å². The SMILES string of the molecule is CC1(C)CCCC2C3CCCCC3C(C(C)(C)C3(C)CCCCC3)C21. The lowest BCUT2D eigenvalue weighted by atomic mass is 9.48. The van der Waals surface area contributed by atoms with Gasteiger partial charge in [-0.3, -0.25) is 0 Å². The second-order valence-corrected chi connectivity index (χ2v) is 12.1. The maximum absolute atomic E-state index is 2.72. The van der Waals surface area contributed by atoms with E-state index in [2.05, 4.69) is 34.6 Å². The normalized spacial score (nSPS) is 43.3. The van der Waals surface area contributed by atoms with Gasteiger partial charge in [0.15, 0.2) is 0 Å². The fourth-order valence-electron chi connectivity index (χ4n) is 8.75. The predicted molar refractivity (Wildman–Crippen MR) is 109 cm³/mol. The van der Waals surface area contributed by atoms with Crippen LogP contribution < -0.4 is 0 Å². The number of fused-ring (bicyclic) bond motifs is 3. The quantitative estimate of drug-likeness (QED) is 0.478. The van der Waals surface area contributed by atoms with Crippen molar-refractivity contribution in [1.82, 2.24) is 0 Å². The fourth-order valence-corrected chi connectivity index (χ4v) is 8.75. The van der Waals surface area contributed by atoms with Crippen molar-refractivity contribution in [1.29, 1.82) is 0 Å². The third-order valence-corrected chi connectivity index (χ3v) is 10.3. The van der Waals surface area contributed by atoms with E-state index in [4.69, 9.17) is 0 Å². The molecular weight excluding hydrogens is 300 g/mol. The van der Waals surface area contributed by atoms with Crippen LogP contribution in [0, 0.1) is 45.8 Å². The molecule has 5 atom stereocenters. The van der Waals surface area contributed by atoms with Crippen molar-refractivity contribution in [2.75, 3.05) is 0 Å². The molecule has 0 heteroatoms. The van der Waals surface area contributed by atoms with Gasteiger partial charge >= 0.3 is 0 Å². The van der Waals surface area contributed by atoms with E-state index in [-0.39, 0.29) is 0 Å². The second-order valence-electron chi connectivity index (χ2n) is 12.1. The number of hydrogen-bond acceptors (Lipinski definition) is 0. The Bertz CT molecular complexity index is 478. The molecule has 0 amide bonds. The Balaban J connectivity index is 1.74. The van der Waals surface area contributed by atoms with Crippen molar-refractivity contribution >= 4 is 0 Å². The van der Waals surface area contributed by atoms with Crippen LogP contribution >= 0.6 is 0 Å². The molecular formula is C25H44. The van der Waals surface area contributed by atoms with Gasteiger partial charge in [0.05, 0.1) is 0 Å². The summed E-state index contributed by atoms with van der Waals surface area (Å²) in [6, 6.07) is 0. The lowest BCUT2D eigenvalue weighted by molar-refractivity contribution is -0.0782. The fraction of sp³-hybridized carbons (Fsp3) is 1.00. The minimum absolute atomic E-state index is 0.516. The van der Waals surface area contributed by atoms with E-state index in [0.29, 0.717) is 16.2 Å². The van der Waals surface area contributed by atoms with Gasteiger partial charge in [-0.05, 0) is 84.4 Å². The van der Waals surface area contributed by atoms with Crippen LogP contribution in [0.15, 0.2) is 0 Å². The zero-order chi connectivity index (χ0) is 17.9. The highest BCUT2D eigenvalue weighted by atomic mass is 14.7. The number of hydrogen-bond donors (Lipinski definition) is 0. The van der Waals surface area contributed by atoms with Gasteiger partial charge in [0.25, 0.3) is 0 Å². The summed E-state index contributed by atoms with van der Waals surface area (Å²) in [6.07, 6.45) is 18.1. The lowest BCUT2D eigenvalue weighted by Gasteiger charge is -2.57. The molecule has 144 valence electrons. The summed E-state index contributed by atoms with van der Waals surface area (Å²) in [5, 5.41) is 0. The standard InChI is InChI=1S/C25H44/c1-23(2)15-11-14-19-18-12-7-8-13-20(18)22(21(19)23)24(3,4)25(5)16-9-6-10-17-25/h18-22H,6-17H2,1-5H3. The molecule has 0 nitrogen and oxygen atoms in total. The van der Waals surface area contributed by atoms with Crippen molar-refractivity contribution in [2.45, 2.75) is 112 Å². The molecule has 0 saturated heterocycles. The van der Waals surface area contributed by atoms with Gasteiger partial charge < -0.3 is 0 Å². The average Bonchev–Trinajstić information content (AvgIpc) is 2.92. The Labute approximate surface area is 157 Å². The minimum atomic E-state index is 0.516. The molecule has 4 aliphatic carbocycles. The molecule has 4 fully saturated rings. The highest BCUT2D eigenvalue weighted by Crippen LogP contribution is 2.69.